The van der Waals surface area contributed by atoms with Crippen LogP contribution < -0.4 is 10.6 Å². The van der Waals surface area contributed by atoms with Crippen molar-refractivity contribution in [1.82, 2.24) is 9.97 Å². The van der Waals surface area contributed by atoms with Gasteiger partial charge in [-0.05, 0) is 24.3 Å². The molecule has 0 atom stereocenters. The molecule has 0 unspecified atom stereocenters. The Morgan fingerprint density at radius 2 is 2.00 bits per heavy atom. The zero-order valence-corrected chi connectivity index (χ0v) is 12.2. The number of nitro groups is 1. The normalized spacial score (nSPS) is 15.4. The van der Waals surface area contributed by atoms with Crippen molar-refractivity contribution in [3.05, 3.63) is 15.9 Å². The highest BCUT2D eigenvalue weighted by Crippen LogP contribution is 2.26. The summed E-state index contributed by atoms with van der Waals surface area (Å²) in [5.41, 5.74) is 5.45. The van der Waals surface area contributed by atoms with Gasteiger partial charge in [-0.2, -0.15) is 4.98 Å². The number of nitrogens with one attached hydrogen (secondary N) is 1. The summed E-state index contributed by atoms with van der Waals surface area (Å²) < 4.78 is 5.27. The molecule has 0 radical (unpaired) electrons. The van der Waals surface area contributed by atoms with E-state index in [1.165, 1.54) is 0 Å². The van der Waals surface area contributed by atoms with E-state index in [0.717, 1.165) is 32.1 Å². The van der Waals surface area contributed by atoms with E-state index in [1.807, 2.05) is 4.90 Å². The molecule has 3 N–H and O–H groups in total. The van der Waals surface area contributed by atoms with E-state index in [2.05, 4.69) is 9.97 Å². The number of hydrogen-bond acceptors (Lipinski definition) is 6. The summed E-state index contributed by atoms with van der Waals surface area (Å²) in [6, 6.07) is 0. The third-order valence-electron chi connectivity index (χ3n) is 3.58. The number of H-pyrrole nitrogens is 1. The summed E-state index contributed by atoms with van der Waals surface area (Å²) in [6.45, 7) is 3.16. The molecule has 1 saturated heterocycles. The summed E-state index contributed by atoms with van der Waals surface area (Å²) in [6.07, 6.45) is 4.88. The second kappa shape index (κ2) is 7.94. The van der Waals surface area contributed by atoms with E-state index >= 15 is 0 Å². The molecule has 0 saturated carbocycles. The zero-order chi connectivity index (χ0) is 15.1. The first-order valence-corrected chi connectivity index (χ1v) is 7.48. The number of aromatic nitrogens is 2. The van der Waals surface area contributed by atoms with Crippen molar-refractivity contribution in [3.63, 3.8) is 0 Å². The maximum atomic E-state index is 11.2. The molecule has 2 rings (SSSR count). The highest BCUT2D eigenvalue weighted by molar-refractivity contribution is 5.54. The molecule has 1 aliphatic heterocycles. The van der Waals surface area contributed by atoms with E-state index < -0.39 is 4.92 Å². The van der Waals surface area contributed by atoms with Gasteiger partial charge in [0.05, 0.1) is 13.2 Å². The van der Waals surface area contributed by atoms with Crippen LogP contribution in [0.4, 0.5) is 11.6 Å². The number of anilines is 1. The lowest BCUT2D eigenvalue weighted by Crippen LogP contribution is -2.36. The second-order valence-electron chi connectivity index (χ2n) is 5.17. The Labute approximate surface area is 123 Å². The van der Waals surface area contributed by atoms with Crippen LogP contribution in [0.5, 0.6) is 0 Å². The molecule has 0 aliphatic carbocycles. The van der Waals surface area contributed by atoms with Crippen LogP contribution in [0.25, 0.3) is 0 Å². The molecule has 0 bridgehead atoms. The van der Waals surface area contributed by atoms with Crippen molar-refractivity contribution in [2.45, 2.75) is 32.1 Å². The number of aromatic amines is 1. The van der Waals surface area contributed by atoms with Gasteiger partial charge in [-0.1, -0.05) is 12.8 Å². The maximum absolute atomic E-state index is 11.2. The van der Waals surface area contributed by atoms with Gasteiger partial charge in [-0.3, -0.25) is 0 Å². The van der Waals surface area contributed by atoms with Crippen molar-refractivity contribution in [1.29, 1.82) is 0 Å². The Morgan fingerprint density at radius 1 is 1.29 bits per heavy atom. The number of rotatable bonds is 8. The van der Waals surface area contributed by atoms with E-state index in [9.17, 15) is 10.1 Å². The van der Waals surface area contributed by atoms with Crippen molar-refractivity contribution in [3.8, 4) is 0 Å². The SMILES string of the molecule is NCCCCCCc1nc(N2CCOCC2)c([N+](=O)[O-])[nH]1. The highest BCUT2D eigenvalue weighted by atomic mass is 16.6. The lowest BCUT2D eigenvalue weighted by molar-refractivity contribution is -0.388. The summed E-state index contributed by atoms with van der Waals surface area (Å²) in [5.74, 6) is 1.13. The molecular weight excluding hydrogens is 274 g/mol. The van der Waals surface area contributed by atoms with E-state index in [-0.39, 0.29) is 5.82 Å². The lowest BCUT2D eigenvalue weighted by Gasteiger charge is -2.25. The monoisotopic (exact) mass is 297 g/mol. The third kappa shape index (κ3) is 4.40. The zero-order valence-electron chi connectivity index (χ0n) is 12.2. The van der Waals surface area contributed by atoms with Gasteiger partial charge in [0.25, 0.3) is 0 Å². The maximum Gasteiger partial charge on any atom is 0.365 e. The first-order valence-electron chi connectivity index (χ1n) is 7.48. The van der Waals surface area contributed by atoms with Gasteiger partial charge in [0.15, 0.2) is 5.82 Å². The third-order valence-corrected chi connectivity index (χ3v) is 3.58. The number of nitrogens with zero attached hydrogens (tertiary/aromatic N) is 3. The Balaban J connectivity index is 1.97. The van der Waals surface area contributed by atoms with E-state index in [0.29, 0.717) is 44.5 Å². The number of unbranched alkanes of at least 4 members (excludes halogenated alkanes) is 3. The van der Waals surface area contributed by atoms with Crippen LogP contribution in [-0.4, -0.2) is 47.7 Å². The van der Waals surface area contributed by atoms with E-state index in [1.54, 1.807) is 0 Å². The van der Waals surface area contributed by atoms with Crippen molar-refractivity contribution in [2.75, 3.05) is 37.7 Å². The van der Waals surface area contributed by atoms with Gasteiger partial charge in [0.2, 0.25) is 5.82 Å². The van der Waals surface area contributed by atoms with Crippen LogP contribution >= 0.6 is 0 Å². The molecule has 1 aliphatic rings. The van der Waals surface area contributed by atoms with Crippen LogP contribution in [-0.2, 0) is 11.2 Å². The standard InChI is InChI=1S/C13H23N5O3/c14-6-4-2-1-3-5-11-15-12(13(16-11)18(19)20)17-7-9-21-10-8-17/h1-10,14H2,(H,15,16). The van der Waals surface area contributed by atoms with Gasteiger partial charge in [-0.25, -0.2) is 4.98 Å². The van der Waals surface area contributed by atoms with Crippen LogP contribution in [0, 0.1) is 10.1 Å². The Kier molecular flexibility index (Phi) is 5.94. The van der Waals surface area contributed by atoms with Crippen LogP contribution in [0.1, 0.15) is 31.5 Å². The Morgan fingerprint density at radius 3 is 2.67 bits per heavy atom. The van der Waals surface area contributed by atoms with Crippen molar-refractivity contribution >= 4 is 11.6 Å². The molecule has 118 valence electrons. The number of morpholine rings is 1. The summed E-state index contributed by atoms with van der Waals surface area (Å²) in [7, 11) is 0. The number of hydrogen-bond donors (Lipinski definition) is 2. The second-order valence-corrected chi connectivity index (χ2v) is 5.17. The first kappa shape index (κ1) is 15.7. The molecule has 0 aromatic carbocycles. The number of imidazole rings is 1. The Hall–Kier alpha value is -1.67. The van der Waals surface area contributed by atoms with Crippen LogP contribution in [0.2, 0.25) is 0 Å². The predicted molar refractivity (Wildman–Crippen MR) is 79.5 cm³/mol. The molecule has 1 aromatic heterocycles. The predicted octanol–water partition coefficient (Wildman–Crippen LogP) is 1.22. The van der Waals surface area contributed by atoms with Crippen LogP contribution in [0.15, 0.2) is 0 Å². The summed E-state index contributed by atoms with van der Waals surface area (Å²) >= 11 is 0. The quantitative estimate of drug-likeness (QED) is 0.424. The fourth-order valence-corrected chi connectivity index (χ4v) is 2.43. The topological polar surface area (TPSA) is 110 Å². The van der Waals surface area contributed by atoms with Gasteiger partial charge < -0.3 is 25.5 Å². The minimum absolute atomic E-state index is 0.00569. The number of ether oxygens (including phenoxy) is 1. The number of aryl methyl sites for hydroxylation is 1. The molecule has 1 aromatic rings. The minimum Gasteiger partial charge on any atom is -0.378 e. The fraction of sp³-hybridized carbons (Fsp3) is 0.769. The molecule has 1 fully saturated rings. The average Bonchev–Trinajstić information content (AvgIpc) is 2.92. The largest absolute Gasteiger partial charge is 0.378 e. The average molecular weight is 297 g/mol. The van der Waals surface area contributed by atoms with Crippen LogP contribution in [0.3, 0.4) is 0 Å². The number of nitrogens with two attached hydrogens (primary N) is 1. The van der Waals surface area contributed by atoms with Gasteiger partial charge in [-0.15, -0.1) is 0 Å². The molecule has 8 nitrogen and oxygen atoms in total. The van der Waals surface area contributed by atoms with Crippen molar-refractivity contribution in [2.24, 2.45) is 5.73 Å². The molecule has 2 heterocycles. The fourth-order valence-electron chi connectivity index (χ4n) is 2.43. The summed E-state index contributed by atoms with van der Waals surface area (Å²) in [4.78, 5) is 19.9. The first-order chi connectivity index (χ1) is 10.2. The highest BCUT2D eigenvalue weighted by Gasteiger charge is 2.26. The molecule has 0 spiro atoms. The molecule has 8 heteroatoms. The van der Waals surface area contributed by atoms with Gasteiger partial charge >= 0.3 is 5.82 Å². The summed E-state index contributed by atoms with van der Waals surface area (Å²) in [5, 5.41) is 11.2. The molecule has 21 heavy (non-hydrogen) atoms. The molecule has 0 amide bonds. The van der Waals surface area contributed by atoms with Gasteiger partial charge in [0, 0.05) is 19.5 Å². The van der Waals surface area contributed by atoms with Gasteiger partial charge in [0.1, 0.15) is 0 Å². The molecular formula is C13H23N5O3. The van der Waals surface area contributed by atoms with Crippen molar-refractivity contribution < 1.29 is 9.66 Å². The Bertz CT molecular complexity index is 457. The lowest BCUT2D eigenvalue weighted by atomic mass is 10.1. The minimum atomic E-state index is -0.393. The smallest absolute Gasteiger partial charge is 0.365 e. The van der Waals surface area contributed by atoms with E-state index in [4.69, 9.17) is 10.5 Å².